The predicted octanol–water partition coefficient (Wildman–Crippen LogP) is 7.57. The molecule has 1 aliphatic rings. The molecule has 11 heteroatoms. The van der Waals surface area contributed by atoms with Crippen LogP contribution in [0, 0.1) is 5.92 Å². The predicted molar refractivity (Wildman–Crippen MR) is 148 cm³/mol. The molecule has 5 rings (SSSR count). The standard InChI is InChI=1S/C29H28ClF3N4O3/c1-37-10-8-18(9-11-37)16-39-27-15-24-22(14-26(27)38-2)28(35-17-34-24)36-20-6-7-25(23(30)13-20)40-21-5-3-4-19(12-21)29(31,32)33/h3-7,12-15,17-18H,8-11,16H2,1-2H3,(H,34,35,36). The Morgan fingerprint density at radius 1 is 1.00 bits per heavy atom. The van der Waals surface area contributed by atoms with Crippen molar-refractivity contribution >= 4 is 34.0 Å². The van der Waals surface area contributed by atoms with E-state index >= 15 is 0 Å². The van der Waals surface area contributed by atoms with Crippen LogP contribution < -0.4 is 19.5 Å². The van der Waals surface area contributed by atoms with Crippen LogP contribution >= 0.6 is 11.6 Å². The number of nitrogens with zero attached hydrogens (tertiary/aromatic N) is 3. The lowest BCUT2D eigenvalue weighted by Crippen LogP contribution is -2.32. The molecule has 1 N–H and O–H groups in total. The van der Waals surface area contributed by atoms with Gasteiger partial charge < -0.3 is 24.4 Å². The summed E-state index contributed by atoms with van der Waals surface area (Å²) in [6, 6.07) is 13.2. The van der Waals surface area contributed by atoms with Crippen molar-refractivity contribution < 1.29 is 27.4 Å². The van der Waals surface area contributed by atoms with Crippen LogP contribution in [0.5, 0.6) is 23.0 Å². The first-order valence-electron chi connectivity index (χ1n) is 12.8. The van der Waals surface area contributed by atoms with E-state index in [9.17, 15) is 13.2 Å². The van der Waals surface area contributed by atoms with Crippen molar-refractivity contribution in [1.29, 1.82) is 0 Å². The Kier molecular flexibility index (Phi) is 8.18. The zero-order valence-corrected chi connectivity index (χ0v) is 22.7. The van der Waals surface area contributed by atoms with Crippen molar-refractivity contribution in [1.82, 2.24) is 14.9 Å². The summed E-state index contributed by atoms with van der Waals surface area (Å²) >= 11 is 6.41. The van der Waals surface area contributed by atoms with Gasteiger partial charge in [-0.15, -0.1) is 0 Å². The summed E-state index contributed by atoms with van der Waals surface area (Å²) in [4.78, 5) is 11.1. The van der Waals surface area contributed by atoms with Gasteiger partial charge in [0.05, 0.1) is 29.8 Å². The first-order chi connectivity index (χ1) is 19.2. The van der Waals surface area contributed by atoms with Gasteiger partial charge in [-0.25, -0.2) is 9.97 Å². The molecule has 2 heterocycles. The molecule has 4 aromatic rings. The zero-order chi connectivity index (χ0) is 28.3. The second kappa shape index (κ2) is 11.8. The zero-order valence-electron chi connectivity index (χ0n) is 22.0. The van der Waals surface area contributed by atoms with Gasteiger partial charge in [-0.2, -0.15) is 13.2 Å². The van der Waals surface area contributed by atoms with Gasteiger partial charge in [-0.1, -0.05) is 17.7 Å². The van der Waals surface area contributed by atoms with E-state index in [4.69, 9.17) is 25.8 Å². The van der Waals surface area contributed by atoms with E-state index in [1.54, 1.807) is 25.3 Å². The molecule has 1 fully saturated rings. The van der Waals surface area contributed by atoms with Gasteiger partial charge in [0, 0.05) is 17.1 Å². The maximum absolute atomic E-state index is 13.0. The molecule has 210 valence electrons. The number of ether oxygens (including phenoxy) is 3. The molecule has 3 aromatic carbocycles. The Labute approximate surface area is 234 Å². The van der Waals surface area contributed by atoms with Crippen molar-refractivity contribution in [3.8, 4) is 23.0 Å². The molecule has 40 heavy (non-hydrogen) atoms. The van der Waals surface area contributed by atoms with Crippen LogP contribution in [-0.4, -0.2) is 48.7 Å². The van der Waals surface area contributed by atoms with Crippen LogP contribution in [0.3, 0.4) is 0 Å². The van der Waals surface area contributed by atoms with Crippen molar-refractivity contribution in [2.45, 2.75) is 19.0 Å². The lowest BCUT2D eigenvalue weighted by molar-refractivity contribution is -0.137. The minimum Gasteiger partial charge on any atom is -0.493 e. The monoisotopic (exact) mass is 572 g/mol. The SMILES string of the molecule is COc1cc2c(Nc3ccc(Oc4cccc(C(F)(F)F)c4)c(Cl)c3)ncnc2cc1OCC1CCN(C)CC1. The molecule has 0 amide bonds. The van der Waals surface area contributed by atoms with Crippen LogP contribution in [0.2, 0.25) is 5.02 Å². The minimum absolute atomic E-state index is 0.0279. The Bertz CT molecular complexity index is 1490. The third-order valence-corrected chi connectivity index (χ3v) is 7.11. The van der Waals surface area contributed by atoms with Gasteiger partial charge in [0.2, 0.25) is 0 Å². The summed E-state index contributed by atoms with van der Waals surface area (Å²) in [7, 11) is 3.72. The molecule has 1 aliphatic heterocycles. The molecule has 1 aromatic heterocycles. The second-order valence-corrected chi connectivity index (χ2v) is 10.1. The summed E-state index contributed by atoms with van der Waals surface area (Å²) < 4.78 is 56.5. The van der Waals surface area contributed by atoms with Crippen LogP contribution in [0.4, 0.5) is 24.7 Å². The van der Waals surface area contributed by atoms with Crippen molar-refractivity contribution in [2.24, 2.45) is 5.92 Å². The summed E-state index contributed by atoms with van der Waals surface area (Å²) in [5.41, 5.74) is 0.469. The number of likely N-dealkylation sites (tertiary alicyclic amines) is 1. The molecular weight excluding hydrogens is 545 g/mol. The molecule has 0 aliphatic carbocycles. The second-order valence-electron chi connectivity index (χ2n) is 9.70. The van der Waals surface area contributed by atoms with Gasteiger partial charge in [-0.3, -0.25) is 0 Å². The molecule has 0 atom stereocenters. The molecule has 0 radical (unpaired) electrons. The highest BCUT2D eigenvalue weighted by atomic mass is 35.5. The highest BCUT2D eigenvalue weighted by molar-refractivity contribution is 6.32. The average Bonchev–Trinajstić information content (AvgIpc) is 2.93. The van der Waals surface area contributed by atoms with E-state index in [0.717, 1.165) is 38.1 Å². The van der Waals surface area contributed by atoms with Crippen LogP contribution in [0.15, 0.2) is 60.9 Å². The lowest BCUT2D eigenvalue weighted by atomic mass is 9.98. The summed E-state index contributed by atoms with van der Waals surface area (Å²) in [6.07, 6.45) is -0.839. The van der Waals surface area contributed by atoms with E-state index in [-0.39, 0.29) is 16.5 Å². The van der Waals surface area contributed by atoms with E-state index < -0.39 is 11.7 Å². The quantitative estimate of drug-likeness (QED) is 0.233. The largest absolute Gasteiger partial charge is 0.493 e. The number of hydrogen-bond acceptors (Lipinski definition) is 7. The molecule has 0 unspecified atom stereocenters. The van der Waals surface area contributed by atoms with Gasteiger partial charge in [0.15, 0.2) is 11.5 Å². The molecule has 0 spiro atoms. The van der Waals surface area contributed by atoms with E-state index in [1.165, 1.54) is 18.5 Å². The smallest absolute Gasteiger partial charge is 0.416 e. The van der Waals surface area contributed by atoms with Gasteiger partial charge in [0.1, 0.15) is 23.6 Å². The number of piperidine rings is 1. The lowest BCUT2D eigenvalue weighted by Gasteiger charge is -2.28. The van der Waals surface area contributed by atoms with Crippen molar-refractivity contribution in [3.63, 3.8) is 0 Å². The van der Waals surface area contributed by atoms with E-state index in [0.29, 0.717) is 46.4 Å². The molecule has 0 saturated carbocycles. The number of benzene rings is 3. The van der Waals surface area contributed by atoms with Crippen LogP contribution in [0.25, 0.3) is 10.9 Å². The summed E-state index contributed by atoms with van der Waals surface area (Å²) in [5.74, 6) is 2.45. The van der Waals surface area contributed by atoms with Crippen LogP contribution in [-0.2, 0) is 6.18 Å². The number of nitrogens with one attached hydrogen (secondary N) is 1. The number of fused-ring (bicyclic) bond motifs is 1. The fourth-order valence-corrected chi connectivity index (χ4v) is 4.75. The first-order valence-corrected chi connectivity index (χ1v) is 13.1. The van der Waals surface area contributed by atoms with Crippen molar-refractivity contribution in [3.05, 3.63) is 71.5 Å². The summed E-state index contributed by atoms with van der Waals surface area (Å²) in [6.45, 7) is 2.74. The fraction of sp³-hybridized carbons (Fsp3) is 0.310. The molecule has 0 bridgehead atoms. The average molecular weight is 573 g/mol. The minimum atomic E-state index is -4.47. The number of methoxy groups -OCH3 is 1. The number of aromatic nitrogens is 2. The third-order valence-electron chi connectivity index (χ3n) is 6.82. The number of hydrogen-bond donors (Lipinski definition) is 1. The molecule has 1 saturated heterocycles. The Hall–Kier alpha value is -3.76. The maximum Gasteiger partial charge on any atom is 0.416 e. The highest BCUT2D eigenvalue weighted by Gasteiger charge is 2.30. The third kappa shape index (κ3) is 6.51. The number of rotatable bonds is 8. The highest BCUT2D eigenvalue weighted by Crippen LogP contribution is 2.38. The summed E-state index contributed by atoms with van der Waals surface area (Å²) in [5, 5.41) is 4.15. The number of halogens is 4. The Morgan fingerprint density at radius 3 is 2.52 bits per heavy atom. The van der Waals surface area contributed by atoms with E-state index in [2.05, 4.69) is 27.2 Å². The van der Waals surface area contributed by atoms with Gasteiger partial charge in [-0.05, 0) is 81.4 Å². The topological polar surface area (TPSA) is 68.7 Å². The molecule has 7 nitrogen and oxygen atoms in total. The fourth-order valence-electron chi connectivity index (χ4n) is 4.53. The van der Waals surface area contributed by atoms with Gasteiger partial charge in [0.25, 0.3) is 0 Å². The molecular formula is C29H28ClF3N4O3. The maximum atomic E-state index is 13.0. The van der Waals surface area contributed by atoms with Gasteiger partial charge >= 0.3 is 6.18 Å². The Morgan fingerprint density at radius 2 is 1.80 bits per heavy atom. The normalized spacial score (nSPS) is 14.8. The first kappa shape index (κ1) is 27.8. The number of alkyl halides is 3. The van der Waals surface area contributed by atoms with E-state index in [1.807, 2.05) is 12.1 Å². The van der Waals surface area contributed by atoms with Crippen molar-refractivity contribution in [2.75, 3.05) is 39.2 Å². The van der Waals surface area contributed by atoms with Crippen LogP contribution in [0.1, 0.15) is 18.4 Å². The Balaban J connectivity index is 1.33. The number of anilines is 2.